The standard InChI is InChI=1S/C11H18N6O3/c1-6-4-16(5-7(2)20-6)11-14-9(12)8(17(18)19)10(13-3)15-11/h6-7H,4-5H2,1-3H3,(H3,12,13,14,15)/t6-,7-/m1/s1. The van der Waals surface area contributed by atoms with E-state index in [2.05, 4.69) is 15.3 Å². The second-order valence-corrected chi connectivity index (χ2v) is 4.78. The number of nitro groups is 1. The van der Waals surface area contributed by atoms with Gasteiger partial charge in [-0.25, -0.2) is 0 Å². The first-order chi connectivity index (χ1) is 9.42. The Hall–Kier alpha value is -2.16. The van der Waals surface area contributed by atoms with E-state index in [9.17, 15) is 10.1 Å². The Labute approximate surface area is 116 Å². The Morgan fingerprint density at radius 3 is 2.50 bits per heavy atom. The predicted molar refractivity (Wildman–Crippen MR) is 74.9 cm³/mol. The van der Waals surface area contributed by atoms with Gasteiger partial charge in [0.15, 0.2) is 0 Å². The molecule has 1 aliphatic heterocycles. The minimum atomic E-state index is -0.588. The van der Waals surface area contributed by atoms with E-state index in [1.165, 1.54) is 0 Å². The lowest BCUT2D eigenvalue weighted by Crippen LogP contribution is -2.46. The monoisotopic (exact) mass is 282 g/mol. The van der Waals surface area contributed by atoms with Gasteiger partial charge in [0.25, 0.3) is 0 Å². The molecule has 1 aliphatic rings. The van der Waals surface area contributed by atoms with E-state index in [-0.39, 0.29) is 29.5 Å². The molecule has 1 aromatic heterocycles. The second kappa shape index (κ2) is 5.45. The van der Waals surface area contributed by atoms with Gasteiger partial charge < -0.3 is 20.7 Å². The molecule has 9 nitrogen and oxygen atoms in total. The van der Waals surface area contributed by atoms with Crippen molar-refractivity contribution in [1.29, 1.82) is 0 Å². The average molecular weight is 282 g/mol. The van der Waals surface area contributed by atoms with Crippen LogP contribution in [0.3, 0.4) is 0 Å². The highest BCUT2D eigenvalue weighted by Gasteiger charge is 2.28. The zero-order chi connectivity index (χ0) is 14.9. The van der Waals surface area contributed by atoms with E-state index >= 15 is 0 Å². The minimum Gasteiger partial charge on any atom is -0.378 e. The Balaban J connectivity index is 2.38. The zero-order valence-corrected chi connectivity index (χ0v) is 11.7. The highest BCUT2D eigenvalue weighted by atomic mass is 16.6. The fourth-order valence-electron chi connectivity index (χ4n) is 2.30. The largest absolute Gasteiger partial charge is 0.378 e. The van der Waals surface area contributed by atoms with Gasteiger partial charge >= 0.3 is 5.69 Å². The van der Waals surface area contributed by atoms with Crippen LogP contribution in [0, 0.1) is 10.1 Å². The Morgan fingerprint density at radius 2 is 2.00 bits per heavy atom. The van der Waals surface area contributed by atoms with Crippen molar-refractivity contribution in [2.45, 2.75) is 26.1 Å². The maximum absolute atomic E-state index is 11.0. The van der Waals surface area contributed by atoms with Gasteiger partial charge in [0.1, 0.15) is 0 Å². The van der Waals surface area contributed by atoms with Crippen LogP contribution in [0.25, 0.3) is 0 Å². The van der Waals surface area contributed by atoms with Crippen LogP contribution in [0.2, 0.25) is 0 Å². The number of hydrogen-bond donors (Lipinski definition) is 2. The summed E-state index contributed by atoms with van der Waals surface area (Å²) in [7, 11) is 1.56. The predicted octanol–water partition coefficient (Wildman–Crippen LogP) is 0.622. The fourth-order valence-corrected chi connectivity index (χ4v) is 2.30. The Bertz CT molecular complexity index is 513. The quantitative estimate of drug-likeness (QED) is 0.611. The number of morpholine rings is 1. The molecule has 1 fully saturated rings. The number of rotatable bonds is 3. The molecule has 2 heterocycles. The number of hydrogen-bond acceptors (Lipinski definition) is 8. The van der Waals surface area contributed by atoms with E-state index in [0.29, 0.717) is 19.0 Å². The molecule has 9 heteroatoms. The highest BCUT2D eigenvalue weighted by molar-refractivity contribution is 5.69. The molecule has 2 atom stereocenters. The molecule has 0 aromatic carbocycles. The first-order valence-electron chi connectivity index (χ1n) is 6.32. The van der Waals surface area contributed by atoms with Crippen LogP contribution in [0.1, 0.15) is 13.8 Å². The molecular formula is C11H18N6O3. The lowest BCUT2D eigenvalue weighted by atomic mass is 10.2. The number of aromatic nitrogens is 2. The molecule has 0 bridgehead atoms. The van der Waals surface area contributed by atoms with Crippen molar-refractivity contribution in [3.05, 3.63) is 10.1 Å². The number of nitrogens with two attached hydrogens (primary N) is 1. The Morgan fingerprint density at radius 1 is 1.40 bits per heavy atom. The third kappa shape index (κ3) is 2.72. The molecule has 0 unspecified atom stereocenters. The number of ether oxygens (including phenoxy) is 1. The summed E-state index contributed by atoms with van der Waals surface area (Å²) < 4.78 is 5.63. The van der Waals surface area contributed by atoms with Gasteiger partial charge in [-0.1, -0.05) is 0 Å². The molecule has 0 radical (unpaired) electrons. The summed E-state index contributed by atoms with van der Waals surface area (Å²) in [6.07, 6.45) is 0.0774. The van der Waals surface area contributed by atoms with Crippen molar-refractivity contribution in [3.63, 3.8) is 0 Å². The molecule has 2 rings (SSSR count). The second-order valence-electron chi connectivity index (χ2n) is 4.78. The normalized spacial score (nSPS) is 22.6. The molecule has 0 spiro atoms. The SMILES string of the molecule is CNc1nc(N2C[C@@H](C)O[C@H](C)C2)nc(N)c1[N+](=O)[O-]. The van der Waals surface area contributed by atoms with Crippen molar-refractivity contribution in [2.75, 3.05) is 36.1 Å². The lowest BCUT2D eigenvalue weighted by molar-refractivity contribution is -0.383. The van der Waals surface area contributed by atoms with Crippen molar-refractivity contribution in [3.8, 4) is 0 Å². The van der Waals surface area contributed by atoms with Crippen LogP contribution >= 0.6 is 0 Å². The molecule has 0 aliphatic carbocycles. The lowest BCUT2D eigenvalue weighted by Gasteiger charge is -2.35. The van der Waals surface area contributed by atoms with E-state index in [1.807, 2.05) is 18.7 Å². The molecule has 0 saturated carbocycles. The van der Waals surface area contributed by atoms with Gasteiger partial charge in [-0.3, -0.25) is 10.1 Å². The van der Waals surface area contributed by atoms with Crippen molar-refractivity contribution < 1.29 is 9.66 Å². The summed E-state index contributed by atoms with van der Waals surface area (Å²) in [4.78, 5) is 20.5. The van der Waals surface area contributed by atoms with E-state index in [1.54, 1.807) is 7.05 Å². The number of nitrogen functional groups attached to an aromatic ring is 1. The molecule has 110 valence electrons. The molecular weight excluding hydrogens is 264 g/mol. The topological polar surface area (TPSA) is 119 Å². The van der Waals surface area contributed by atoms with Crippen LogP contribution in [-0.4, -0.2) is 47.2 Å². The summed E-state index contributed by atoms with van der Waals surface area (Å²) in [5, 5.41) is 13.7. The van der Waals surface area contributed by atoms with Gasteiger partial charge in [0.05, 0.1) is 17.1 Å². The summed E-state index contributed by atoms with van der Waals surface area (Å²) in [6.45, 7) is 5.14. The van der Waals surface area contributed by atoms with Crippen molar-refractivity contribution in [2.24, 2.45) is 0 Å². The third-order valence-corrected chi connectivity index (χ3v) is 3.02. The molecule has 20 heavy (non-hydrogen) atoms. The molecule has 0 amide bonds. The molecule has 1 aromatic rings. The smallest absolute Gasteiger partial charge is 0.353 e. The highest BCUT2D eigenvalue weighted by Crippen LogP contribution is 2.30. The number of nitrogens with zero attached hydrogens (tertiary/aromatic N) is 4. The van der Waals surface area contributed by atoms with Gasteiger partial charge in [-0.05, 0) is 13.8 Å². The zero-order valence-electron chi connectivity index (χ0n) is 11.7. The van der Waals surface area contributed by atoms with Gasteiger partial charge in [0.2, 0.25) is 17.6 Å². The summed E-state index contributed by atoms with van der Waals surface area (Å²) in [6, 6.07) is 0. The minimum absolute atomic E-state index is 0.0387. The first-order valence-corrected chi connectivity index (χ1v) is 6.32. The molecule has 3 N–H and O–H groups in total. The van der Waals surface area contributed by atoms with Crippen LogP contribution in [0.4, 0.5) is 23.3 Å². The van der Waals surface area contributed by atoms with Gasteiger partial charge in [-0.2, -0.15) is 9.97 Å². The van der Waals surface area contributed by atoms with Crippen LogP contribution in [0.15, 0.2) is 0 Å². The van der Waals surface area contributed by atoms with E-state index in [4.69, 9.17) is 10.5 Å². The van der Waals surface area contributed by atoms with Crippen LogP contribution in [0.5, 0.6) is 0 Å². The summed E-state index contributed by atoms with van der Waals surface area (Å²) >= 11 is 0. The fraction of sp³-hybridized carbons (Fsp3) is 0.636. The Kier molecular flexibility index (Phi) is 3.89. The van der Waals surface area contributed by atoms with Gasteiger partial charge in [-0.15, -0.1) is 0 Å². The number of nitrogens with one attached hydrogen (secondary N) is 1. The summed E-state index contributed by atoms with van der Waals surface area (Å²) in [5.74, 6) is 0.347. The maximum Gasteiger partial charge on any atom is 0.353 e. The average Bonchev–Trinajstić information content (AvgIpc) is 2.35. The maximum atomic E-state index is 11.0. The van der Waals surface area contributed by atoms with E-state index < -0.39 is 4.92 Å². The van der Waals surface area contributed by atoms with Crippen molar-refractivity contribution in [1.82, 2.24) is 9.97 Å². The summed E-state index contributed by atoms with van der Waals surface area (Å²) in [5.41, 5.74) is 5.38. The molecule has 1 saturated heterocycles. The van der Waals surface area contributed by atoms with E-state index in [0.717, 1.165) is 0 Å². The first kappa shape index (κ1) is 14.3. The van der Waals surface area contributed by atoms with Gasteiger partial charge in [0, 0.05) is 20.1 Å². The van der Waals surface area contributed by atoms with Crippen LogP contribution in [-0.2, 0) is 4.74 Å². The van der Waals surface area contributed by atoms with Crippen LogP contribution < -0.4 is 16.0 Å². The number of anilines is 3. The van der Waals surface area contributed by atoms with Crippen molar-refractivity contribution >= 4 is 23.3 Å². The third-order valence-electron chi connectivity index (χ3n) is 3.02.